The summed E-state index contributed by atoms with van der Waals surface area (Å²) in [6.07, 6.45) is 21.5. The number of nitrogens with zero attached hydrogens (tertiary/aromatic N) is 1. The molecule has 38 heavy (non-hydrogen) atoms. The Hall–Kier alpha value is -0.945. The lowest BCUT2D eigenvalue weighted by molar-refractivity contribution is 0.0900. The highest BCUT2D eigenvalue weighted by Crippen LogP contribution is 2.14. The standard InChI is InChI=1S/C30H46FNO2.BCl3/c1-2-3-4-5-6-7-8-9-10-11-12-13-14-15-16-17-20-34-26-28(25-33)19-18-27-21-29(24-32)23-30(31)22-27;2-1(3)4/h21-23,28,33H,2-17,20,25-26H2,1H3;/t28-;/m0./s1. The van der Waals surface area contributed by atoms with Crippen molar-refractivity contribution < 1.29 is 14.2 Å². The molecular formula is C30H46BCl3FNO2. The first-order valence-corrected chi connectivity index (χ1v) is 15.6. The molecule has 0 spiro atoms. The largest absolute Gasteiger partial charge is 0.450 e. The van der Waals surface area contributed by atoms with E-state index >= 15 is 0 Å². The third-order valence-corrected chi connectivity index (χ3v) is 6.13. The summed E-state index contributed by atoms with van der Waals surface area (Å²) in [5.74, 6) is 4.97. The van der Waals surface area contributed by atoms with E-state index in [1.807, 2.05) is 6.07 Å². The SMILES string of the molecule is CCCCCCCCCCCCCCCCCCOC[C@@H](C#Cc1cc(F)cc(C#N)c1)CO.ClB(Cl)Cl. The van der Waals surface area contributed by atoms with Gasteiger partial charge in [-0.05, 0) is 24.6 Å². The predicted molar refractivity (Wildman–Crippen MR) is 162 cm³/mol. The molecule has 0 fully saturated rings. The molecule has 0 aliphatic carbocycles. The summed E-state index contributed by atoms with van der Waals surface area (Å²) in [4.78, 5) is -0.750. The van der Waals surface area contributed by atoms with Crippen LogP contribution in [0.3, 0.4) is 0 Å². The van der Waals surface area contributed by atoms with Gasteiger partial charge in [0.15, 0.2) is 0 Å². The Balaban J connectivity index is 0.00000318. The van der Waals surface area contributed by atoms with Crippen LogP contribution in [0.1, 0.15) is 121 Å². The minimum absolute atomic E-state index is 0.105. The average Bonchev–Trinajstić information content (AvgIpc) is 2.89. The fourth-order valence-corrected chi connectivity index (χ4v) is 4.03. The molecule has 8 heteroatoms. The fourth-order valence-electron chi connectivity index (χ4n) is 4.03. The summed E-state index contributed by atoms with van der Waals surface area (Å²) in [6.45, 7) is 3.21. The van der Waals surface area contributed by atoms with Crippen molar-refractivity contribution in [3.63, 3.8) is 0 Å². The van der Waals surface area contributed by atoms with Gasteiger partial charge in [0.25, 0.3) is 0 Å². The topological polar surface area (TPSA) is 53.2 Å². The van der Waals surface area contributed by atoms with Crippen LogP contribution in [0.2, 0.25) is 0 Å². The molecule has 3 nitrogen and oxygen atoms in total. The van der Waals surface area contributed by atoms with Gasteiger partial charge in [0.1, 0.15) is 5.82 Å². The molecule has 0 saturated carbocycles. The molecule has 0 heterocycles. The molecule has 0 aliphatic rings. The highest BCUT2D eigenvalue weighted by Gasteiger charge is 2.04. The number of halogens is 4. The molecule has 0 amide bonds. The summed E-state index contributed by atoms with van der Waals surface area (Å²) in [5, 5.41) is 18.4. The van der Waals surface area contributed by atoms with Crippen molar-refractivity contribution in [2.24, 2.45) is 5.92 Å². The average molecular weight is 589 g/mol. The smallest absolute Gasteiger partial charge is 0.395 e. The Morgan fingerprint density at radius 1 is 0.816 bits per heavy atom. The van der Waals surface area contributed by atoms with E-state index in [0.717, 1.165) is 6.42 Å². The van der Waals surface area contributed by atoms with Gasteiger partial charge in [-0.2, -0.15) is 39.6 Å². The maximum Gasteiger partial charge on any atom is 0.450 e. The Morgan fingerprint density at radius 2 is 1.26 bits per heavy atom. The van der Waals surface area contributed by atoms with E-state index in [-0.39, 0.29) is 18.1 Å². The van der Waals surface area contributed by atoms with E-state index in [2.05, 4.69) is 18.8 Å². The lowest BCUT2D eigenvalue weighted by Crippen LogP contribution is -2.12. The lowest BCUT2D eigenvalue weighted by Gasteiger charge is -2.08. The van der Waals surface area contributed by atoms with Gasteiger partial charge in [0.2, 0.25) is 0 Å². The third kappa shape index (κ3) is 25.3. The number of hydrogen-bond acceptors (Lipinski definition) is 3. The number of benzene rings is 1. The molecule has 0 aliphatic heterocycles. The van der Waals surface area contributed by atoms with Gasteiger partial charge in [-0.3, -0.25) is 0 Å². The Labute approximate surface area is 246 Å². The van der Waals surface area contributed by atoms with Crippen molar-refractivity contribution in [3.05, 3.63) is 35.1 Å². The zero-order chi connectivity index (χ0) is 28.3. The molecule has 0 saturated heterocycles. The number of hydrogen-bond donors (Lipinski definition) is 1. The Kier molecular flexibility index (Phi) is 26.9. The number of rotatable bonds is 20. The van der Waals surface area contributed by atoms with E-state index in [1.54, 1.807) is 6.07 Å². The molecule has 1 aromatic carbocycles. The van der Waals surface area contributed by atoms with Crippen LogP contribution >= 0.6 is 34.4 Å². The van der Waals surface area contributed by atoms with Gasteiger partial charge >= 0.3 is 4.96 Å². The monoisotopic (exact) mass is 587 g/mol. The van der Waals surface area contributed by atoms with E-state index in [9.17, 15) is 9.50 Å². The molecular weight excluding hydrogens is 543 g/mol. The zero-order valence-corrected chi connectivity index (χ0v) is 25.4. The van der Waals surface area contributed by atoms with Gasteiger partial charge in [0.05, 0.1) is 30.8 Å². The van der Waals surface area contributed by atoms with Crippen LogP contribution in [0, 0.1) is 34.9 Å². The molecule has 214 valence electrons. The Morgan fingerprint density at radius 3 is 1.71 bits per heavy atom. The van der Waals surface area contributed by atoms with Crippen molar-refractivity contribution >= 4 is 39.3 Å². The summed E-state index contributed by atoms with van der Waals surface area (Å²) < 4.78 is 19.1. The van der Waals surface area contributed by atoms with Crippen LogP contribution in [0.4, 0.5) is 4.39 Å². The number of ether oxygens (including phenoxy) is 1. The van der Waals surface area contributed by atoms with E-state index in [4.69, 9.17) is 44.4 Å². The second kappa shape index (κ2) is 27.6. The summed E-state index contributed by atoms with van der Waals surface area (Å²) >= 11 is 14.4. The first-order valence-electron chi connectivity index (χ1n) is 14.3. The molecule has 1 rings (SSSR count). The third-order valence-electron chi connectivity index (χ3n) is 6.13. The summed E-state index contributed by atoms with van der Waals surface area (Å²) in [7, 11) is 0. The number of unbranched alkanes of at least 4 members (excludes halogenated alkanes) is 15. The number of aliphatic hydroxyl groups is 1. The van der Waals surface area contributed by atoms with Crippen LogP contribution in [0.25, 0.3) is 0 Å². The first-order chi connectivity index (χ1) is 18.4. The molecule has 0 aromatic heterocycles. The molecule has 1 aromatic rings. The fraction of sp³-hybridized carbons (Fsp3) is 0.700. The van der Waals surface area contributed by atoms with Gasteiger partial charge in [0, 0.05) is 12.2 Å². The number of nitriles is 1. The van der Waals surface area contributed by atoms with Crippen molar-refractivity contribution in [3.8, 4) is 17.9 Å². The van der Waals surface area contributed by atoms with Gasteiger partial charge < -0.3 is 9.84 Å². The highest BCUT2D eigenvalue weighted by molar-refractivity contribution is 7.54. The first kappa shape index (κ1) is 37.1. The predicted octanol–water partition coefficient (Wildman–Crippen LogP) is 9.62. The normalized spacial score (nSPS) is 11.1. The minimum atomic E-state index is -0.750. The van der Waals surface area contributed by atoms with Crippen molar-refractivity contribution in [1.29, 1.82) is 5.26 Å². The van der Waals surface area contributed by atoms with E-state index < -0.39 is 10.8 Å². The van der Waals surface area contributed by atoms with Crippen molar-refractivity contribution in [1.82, 2.24) is 0 Å². The summed E-state index contributed by atoms with van der Waals surface area (Å²) in [6, 6.07) is 5.93. The maximum absolute atomic E-state index is 13.5. The molecule has 1 atom stereocenters. The maximum atomic E-state index is 13.5. The van der Waals surface area contributed by atoms with Crippen LogP contribution in [0.5, 0.6) is 0 Å². The van der Waals surface area contributed by atoms with Crippen LogP contribution in [-0.4, -0.2) is 29.9 Å². The summed E-state index contributed by atoms with van der Waals surface area (Å²) in [5.41, 5.74) is 0.678. The van der Waals surface area contributed by atoms with E-state index in [1.165, 1.54) is 108 Å². The highest BCUT2D eigenvalue weighted by atomic mass is 35.6. The minimum Gasteiger partial charge on any atom is -0.395 e. The number of aliphatic hydroxyl groups excluding tert-OH is 1. The molecule has 0 radical (unpaired) electrons. The zero-order valence-electron chi connectivity index (χ0n) is 23.1. The van der Waals surface area contributed by atoms with Gasteiger partial charge in [-0.15, -0.1) is 0 Å². The Bertz CT molecular complexity index is 793. The molecule has 1 N–H and O–H groups in total. The van der Waals surface area contributed by atoms with Crippen LogP contribution in [0.15, 0.2) is 18.2 Å². The quantitative estimate of drug-likeness (QED) is 0.0937. The van der Waals surface area contributed by atoms with E-state index in [0.29, 0.717) is 18.8 Å². The molecule has 0 bridgehead atoms. The second-order valence-electron chi connectivity index (χ2n) is 9.61. The van der Waals surface area contributed by atoms with Gasteiger partial charge in [-0.1, -0.05) is 115 Å². The van der Waals surface area contributed by atoms with Crippen molar-refractivity contribution in [2.45, 2.75) is 110 Å². The van der Waals surface area contributed by atoms with Crippen LogP contribution in [-0.2, 0) is 4.74 Å². The lowest BCUT2D eigenvalue weighted by atomic mass is 10.0. The van der Waals surface area contributed by atoms with Gasteiger partial charge in [-0.25, -0.2) is 4.39 Å². The second-order valence-corrected chi connectivity index (χ2v) is 11.6. The van der Waals surface area contributed by atoms with Crippen molar-refractivity contribution in [2.75, 3.05) is 19.8 Å². The van der Waals surface area contributed by atoms with Crippen LogP contribution < -0.4 is 0 Å². The molecule has 0 unspecified atom stereocenters.